The first-order valence-electron chi connectivity index (χ1n) is 6.80. The predicted octanol–water partition coefficient (Wildman–Crippen LogP) is 3.01. The molecule has 8 heteroatoms. The van der Waals surface area contributed by atoms with Gasteiger partial charge in [0.2, 0.25) is 6.43 Å². The predicted molar refractivity (Wildman–Crippen MR) is 70.5 cm³/mol. The minimum atomic E-state index is -2.46. The minimum Gasteiger partial charge on any atom is -0.322 e. The van der Waals surface area contributed by atoms with Gasteiger partial charge in [-0.05, 0) is 17.7 Å². The molecule has 0 unspecified atom stereocenters. The molecular weight excluding hydrogens is 302 g/mol. The van der Waals surface area contributed by atoms with Gasteiger partial charge in [-0.25, -0.2) is 27.4 Å². The molecule has 3 rings (SSSR count). The number of amides is 2. The lowest BCUT2D eigenvalue weighted by Gasteiger charge is -2.40. The fraction of sp³-hybridized carbons (Fsp3) is 0.429. The summed E-state index contributed by atoms with van der Waals surface area (Å²) in [6.07, 6.45) is -0.671. The molecule has 2 amide bonds. The summed E-state index contributed by atoms with van der Waals surface area (Å²) < 4.78 is 51.5. The van der Waals surface area contributed by atoms with E-state index in [1.54, 1.807) is 0 Å². The van der Waals surface area contributed by atoms with E-state index < -0.39 is 36.1 Å². The standard InChI is InChI=1S/C14H13F4N3O/c15-10-3-8(4-11(16)5-10)12-1-2-19-21(12)14(22)20-6-9(7-20)13(17)18/h2-5,9,12-13H,1,6-7H2/t12-/m0/s1. The molecule has 1 atom stereocenters. The van der Waals surface area contributed by atoms with Crippen molar-refractivity contribution in [1.29, 1.82) is 0 Å². The zero-order valence-electron chi connectivity index (χ0n) is 11.4. The Labute approximate surface area is 124 Å². The van der Waals surface area contributed by atoms with Gasteiger partial charge >= 0.3 is 6.03 Å². The number of halogens is 4. The molecule has 2 aliphatic rings. The monoisotopic (exact) mass is 315 g/mol. The van der Waals surface area contributed by atoms with Crippen LogP contribution in [0.2, 0.25) is 0 Å². The SMILES string of the molecule is O=C(N1CC(C(F)F)C1)N1N=CC[C@H]1c1cc(F)cc(F)c1. The van der Waals surface area contributed by atoms with Gasteiger partial charge < -0.3 is 4.90 Å². The maximum absolute atomic E-state index is 13.3. The molecule has 0 spiro atoms. The molecule has 0 radical (unpaired) electrons. The lowest BCUT2D eigenvalue weighted by molar-refractivity contribution is -0.0132. The van der Waals surface area contributed by atoms with Crippen molar-refractivity contribution in [3.8, 4) is 0 Å². The highest BCUT2D eigenvalue weighted by Gasteiger charge is 2.41. The number of nitrogens with zero attached hydrogens (tertiary/aromatic N) is 3. The Balaban J connectivity index is 1.73. The highest BCUT2D eigenvalue weighted by molar-refractivity contribution is 5.79. The van der Waals surface area contributed by atoms with E-state index in [1.807, 2.05) is 0 Å². The average molecular weight is 315 g/mol. The molecule has 1 saturated heterocycles. The maximum atomic E-state index is 13.3. The molecule has 22 heavy (non-hydrogen) atoms. The number of hydrogen-bond acceptors (Lipinski definition) is 2. The van der Waals surface area contributed by atoms with Crippen molar-refractivity contribution < 1.29 is 22.4 Å². The normalized spacial score (nSPS) is 21.6. The van der Waals surface area contributed by atoms with E-state index in [4.69, 9.17) is 0 Å². The van der Waals surface area contributed by atoms with Gasteiger partial charge in [0, 0.05) is 31.8 Å². The first-order valence-corrected chi connectivity index (χ1v) is 6.80. The Hall–Kier alpha value is -2.12. The first-order chi connectivity index (χ1) is 10.5. The third-order valence-corrected chi connectivity index (χ3v) is 3.83. The molecule has 2 heterocycles. The van der Waals surface area contributed by atoms with Crippen LogP contribution in [0.3, 0.4) is 0 Å². The van der Waals surface area contributed by atoms with Gasteiger partial charge in [0.15, 0.2) is 0 Å². The second-order valence-electron chi connectivity index (χ2n) is 5.38. The van der Waals surface area contributed by atoms with Crippen molar-refractivity contribution in [2.75, 3.05) is 13.1 Å². The average Bonchev–Trinajstić information content (AvgIpc) is 2.83. The van der Waals surface area contributed by atoms with E-state index in [-0.39, 0.29) is 18.7 Å². The Kier molecular flexibility index (Phi) is 3.76. The van der Waals surface area contributed by atoms with Crippen molar-refractivity contribution in [3.05, 3.63) is 35.4 Å². The number of alkyl halides is 2. The number of hydrazone groups is 1. The van der Waals surface area contributed by atoms with Crippen LogP contribution in [0.15, 0.2) is 23.3 Å². The largest absolute Gasteiger partial charge is 0.341 e. The van der Waals surface area contributed by atoms with Crippen LogP contribution in [0, 0.1) is 17.6 Å². The summed E-state index contributed by atoms with van der Waals surface area (Å²) >= 11 is 0. The van der Waals surface area contributed by atoms with E-state index in [0.29, 0.717) is 6.42 Å². The molecule has 0 N–H and O–H groups in total. The molecule has 2 aliphatic heterocycles. The van der Waals surface area contributed by atoms with Crippen LogP contribution < -0.4 is 0 Å². The number of likely N-dealkylation sites (tertiary alicyclic amines) is 1. The molecule has 0 bridgehead atoms. The molecule has 0 aliphatic carbocycles. The van der Waals surface area contributed by atoms with E-state index in [9.17, 15) is 22.4 Å². The number of benzene rings is 1. The third-order valence-electron chi connectivity index (χ3n) is 3.83. The first kappa shape index (κ1) is 14.8. The molecule has 0 aromatic heterocycles. The molecule has 0 saturated carbocycles. The van der Waals surface area contributed by atoms with Crippen LogP contribution in [-0.4, -0.2) is 41.7 Å². The van der Waals surface area contributed by atoms with Crippen LogP contribution >= 0.6 is 0 Å². The molecule has 1 aromatic rings. The van der Waals surface area contributed by atoms with Crippen LogP contribution in [0.25, 0.3) is 0 Å². The Morgan fingerprint density at radius 1 is 1.18 bits per heavy atom. The van der Waals surface area contributed by atoms with Crippen molar-refractivity contribution in [3.63, 3.8) is 0 Å². The lowest BCUT2D eigenvalue weighted by Crippen LogP contribution is -2.55. The van der Waals surface area contributed by atoms with Crippen molar-refractivity contribution in [2.24, 2.45) is 11.0 Å². The van der Waals surface area contributed by atoms with Gasteiger partial charge in [0.1, 0.15) is 11.6 Å². The highest BCUT2D eigenvalue weighted by atomic mass is 19.3. The van der Waals surface area contributed by atoms with E-state index in [2.05, 4.69) is 5.10 Å². The summed E-state index contributed by atoms with van der Waals surface area (Å²) in [5.74, 6) is -2.30. The fourth-order valence-corrected chi connectivity index (χ4v) is 2.62. The van der Waals surface area contributed by atoms with Crippen molar-refractivity contribution in [2.45, 2.75) is 18.9 Å². The number of rotatable bonds is 2. The minimum absolute atomic E-state index is 0.0350. The number of carbonyl (C=O) groups is 1. The molecule has 4 nitrogen and oxygen atoms in total. The Morgan fingerprint density at radius 2 is 1.82 bits per heavy atom. The molecule has 1 fully saturated rings. The summed E-state index contributed by atoms with van der Waals surface area (Å²) in [7, 11) is 0. The second-order valence-corrected chi connectivity index (χ2v) is 5.38. The lowest BCUT2D eigenvalue weighted by atomic mass is 10.0. The fourth-order valence-electron chi connectivity index (χ4n) is 2.62. The van der Waals surface area contributed by atoms with Gasteiger partial charge in [0.25, 0.3) is 0 Å². The zero-order valence-corrected chi connectivity index (χ0v) is 11.4. The highest BCUT2D eigenvalue weighted by Crippen LogP contribution is 2.32. The quantitative estimate of drug-likeness (QED) is 0.773. The van der Waals surface area contributed by atoms with Crippen molar-refractivity contribution in [1.82, 2.24) is 9.91 Å². The number of carbonyl (C=O) groups excluding carboxylic acids is 1. The van der Waals surface area contributed by atoms with E-state index in [0.717, 1.165) is 23.2 Å². The second kappa shape index (κ2) is 5.58. The summed E-state index contributed by atoms with van der Waals surface area (Å²) in [5, 5.41) is 5.00. The Morgan fingerprint density at radius 3 is 2.41 bits per heavy atom. The van der Waals surface area contributed by atoms with Crippen molar-refractivity contribution >= 4 is 12.2 Å². The van der Waals surface area contributed by atoms with Crippen LogP contribution in [0.1, 0.15) is 18.0 Å². The van der Waals surface area contributed by atoms with E-state index >= 15 is 0 Å². The number of urea groups is 1. The van der Waals surface area contributed by atoms with Gasteiger partial charge in [-0.3, -0.25) is 0 Å². The summed E-state index contributed by atoms with van der Waals surface area (Å²) in [6, 6.07) is 1.87. The maximum Gasteiger partial charge on any atom is 0.341 e. The van der Waals surface area contributed by atoms with Gasteiger partial charge in [0.05, 0.1) is 12.0 Å². The summed E-state index contributed by atoms with van der Waals surface area (Å²) in [5.41, 5.74) is 0.286. The topological polar surface area (TPSA) is 35.9 Å². The smallest absolute Gasteiger partial charge is 0.322 e. The van der Waals surface area contributed by atoms with Gasteiger partial charge in [-0.1, -0.05) is 0 Å². The summed E-state index contributed by atoms with van der Waals surface area (Å²) in [6.45, 7) is -0.0699. The zero-order chi connectivity index (χ0) is 15.9. The van der Waals surface area contributed by atoms with E-state index in [1.165, 1.54) is 11.1 Å². The van der Waals surface area contributed by atoms with Crippen LogP contribution in [-0.2, 0) is 0 Å². The molecular formula is C14H13F4N3O. The third kappa shape index (κ3) is 2.65. The summed E-state index contributed by atoms with van der Waals surface area (Å²) in [4.78, 5) is 13.5. The van der Waals surface area contributed by atoms with Gasteiger partial charge in [-0.2, -0.15) is 5.10 Å². The van der Waals surface area contributed by atoms with Gasteiger partial charge in [-0.15, -0.1) is 0 Å². The van der Waals surface area contributed by atoms with Crippen LogP contribution in [0.5, 0.6) is 0 Å². The number of hydrogen-bond donors (Lipinski definition) is 0. The molecule has 118 valence electrons. The Bertz CT molecular complexity index is 596. The molecule has 1 aromatic carbocycles. The van der Waals surface area contributed by atoms with Crippen LogP contribution in [0.4, 0.5) is 22.4 Å².